The first-order valence-electron chi connectivity index (χ1n) is 5.83. The van der Waals surface area contributed by atoms with E-state index in [1.54, 1.807) is 41.1 Å². The number of carbonyl (C=O) groups is 1. The number of hydrazone groups is 1. The van der Waals surface area contributed by atoms with Crippen LogP contribution in [0.25, 0.3) is 0 Å². The van der Waals surface area contributed by atoms with Gasteiger partial charge >= 0.3 is 0 Å². The molecule has 5 nitrogen and oxygen atoms in total. The number of phenols is 1. The summed E-state index contributed by atoms with van der Waals surface area (Å²) in [6.45, 7) is 0. The van der Waals surface area contributed by atoms with Gasteiger partial charge in [-0.2, -0.15) is 5.10 Å². The summed E-state index contributed by atoms with van der Waals surface area (Å²) in [5, 5.41) is 13.5. The molecule has 0 fully saturated rings. The number of hydrogen-bond acceptors (Lipinski definition) is 3. The fourth-order valence-corrected chi connectivity index (χ4v) is 1.95. The zero-order valence-corrected chi connectivity index (χ0v) is 12.3. The van der Waals surface area contributed by atoms with E-state index in [-0.39, 0.29) is 11.7 Å². The molecule has 1 aromatic carbocycles. The minimum absolute atomic E-state index is 0.0947. The van der Waals surface area contributed by atoms with Crippen LogP contribution in [0.15, 0.2) is 52.3 Å². The van der Waals surface area contributed by atoms with Gasteiger partial charge in [-0.15, -0.1) is 0 Å². The minimum Gasteiger partial charge on any atom is -0.507 e. The number of amides is 1. The molecule has 0 radical (unpaired) electrons. The topological polar surface area (TPSA) is 65.6 Å². The Kier molecular flexibility index (Phi) is 4.47. The van der Waals surface area contributed by atoms with Crippen molar-refractivity contribution >= 4 is 28.1 Å². The van der Waals surface area contributed by atoms with E-state index in [4.69, 9.17) is 0 Å². The molecule has 1 aromatic heterocycles. The molecule has 0 atom stereocenters. The number of halogens is 1. The van der Waals surface area contributed by atoms with Gasteiger partial charge in [-0.1, -0.05) is 15.9 Å². The van der Waals surface area contributed by atoms with Crippen molar-refractivity contribution in [1.82, 2.24) is 5.43 Å². The summed E-state index contributed by atoms with van der Waals surface area (Å²) in [5.41, 5.74) is 3.43. The van der Waals surface area contributed by atoms with Gasteiger partial charge in [0.15, 0.2) is 12.4 Å². The van der Waals surface area contributed by atoms with Crippen molar-refractivity contribution in [3.63, 3.8) is 0 Å². The summed E-state index contributed by atoms with van der Waals surface area (Å²) in [6, 6.07) is 8.44. The second-order valence-corrected chi connectivity index (χ2v) is 5.08. The lowest BCUT2D eigenvalue weighted by Gasteiger charge is -2.00. The minimum atomic E-state index is -0.313. The highest BCUT2D eigenvalue weighted by Gasteiger charge is 2.07. The van der Waals surface area contributed by atoms with Gasteiger partial charge in [0, 0.05) is 16.1 Å². The Labute approximate surface area is 124 Å². The van der Waals surface area contributed by atoms with Crippen molar-refractivity contribution < 1.29 is 14.5 Å². The average molecular weight is 335 g/mol. The summed E-state index contributed by atoms with van der Waals surface area (Å²) in [5.74, 6) is -0.218. The van der Waals surface area contributed by atoms with Gasteiger partial charge in [-0.3, -0.25) is 4.79 Å². The normalized spacial score (nSPS) is 10.7. The summed E-state index contributed by atoms with van der Waals surface area (Å²) < 4.78 is 2.59. The number of nitrogens with one attached hydrogen (secondary N) is 1. The Bertz CT molecular complexity index is 671. The molecular weight excluding hydrogens is 322 g/mol. The molecular formula is C14H13BrN3O2+. The highest BCUT2D eigenvalue weighted by molar-refractivity contribution is 9.10. The average Bonchev–Trinajstić information content (AvgIpc) is 2.42. The molecule has 2 rings (SSSR count). The Morgan fingerprint density at radius 1 is 1.45 bits per heavy atom. The number of nitrogens with zero attached hydrogens (tertiary/aromatic N) is 2. The summed E-state index contributed by atoms with van der Waals surface area (Å²) in [6.07, 6.45) is 4.92. The molecule has 102 valence electrons. The van der Waals surface area contributed by atoms with E-state index in [2.05, 4.69) is 26.5 Å². The van der Waals surface area contributed by atoms with E-state index in [9.17, 15) is 9.90 Å². The van der Waals surface area contributed by atoms with E-state index in [0.29, 0.717) is 11.1 Å². The summed E-state index contributed by atoms with van der Waals surface area (Å²) >= 11 is 3.30. The van der Waals surface area contributed by atoms with Gasteiger partial charge in [0.25, 0.3) is 5.91 Å². The van der Waals surface area contributed by atoms with Crippen molar-refractivity contribution in [3.8, 4) is 5.75 Å². The first kappa shape index (κ1) is 14.2. The maximum absolute atomic E-state index is 11.8. The van der Waals surface area contributed by atoms with Gasteiger partial charge in [-0.05, 0) is 24.3 Å². The quantitative estimate of drug-likeness (QED) is 0.510. The molecule has 2 aromatic rings. The smallest absolute Gasteiger partial charge is 0.277 e. The van der Waals surface area contributed by atoms with E-state index in [1.807, 2.05) is 13.2 Å². The molecule has 1 heterocycles. The van der Waals surface area contributed by atoms with Crippen LogP contribution in [0.5, 0.6) is 5.75 Å². The van der Waals surface area contributed by atoms with Crippen LogP contribution in [0.4, 0.5) is 0 Å². The van der Waals surface area contributed by atoms with Crippen LogP contribution in [0.2, 0.25) is 0 Å². The third-order valence-electron chi connectivity index (χ3n) is 2.56. The highest BCUT2D eigenvalue weighted by Crippen LogP contribution is 2.19. The molecule has 20 heavy (non-hydrogen) atoms. The summed E-state index contributed by atoms with van der Waals surface area (Å²) in [4.78, 5) is 11.8. The molecule has 0 aliphatic heterocycles. The number of benzene rings is 1. The van der Waals surface area contributed by atoms with Crippen molar-refractivity contribution in [2.45, 2.75) is 0 Å². The van der Waals surface area contributed by atoms with Crippen LogP contribution in [0.3, 0.4) is 0 Å². The molecule has 2 N–H and O–H groups in total. The number of aromatic hydroxyl groups is 1. The van der Waals surface area contributed by atoms with Crippen molar-refractivity contribution in [1.29, 1.82) is 0 Å². The Hall–Kier alpha value is -2.21. The predicted molar refractivity (Wildman–Crippen MR) is 78.5 cm³/mol. The zero-order valence-electron chi connectivity index (χ0n) is 10.7. The molecule has 6 heteroatoms. The number of aryl methyl sites for hydroxylation is 1. The number of hydrogen-bond donors (Lipinski definition) is 2. The van der Waals surface area contributed by atoms with E-state index >= 15 is 0 Å². The summed E-state index contributed by atoms with van der Waals surface area (Å²) in [7, 11) is 1.83. The lowest BCUT2D eigenvalue weighted by molar-refractivity contribution is -0.671. The first-order valence-corrected chi connectivity index (χ1v) is 6.63. The highest BCUT2D eigenvalue weighted by atomic mass is 79.9. The number of phenolic OH excluding ortho intramolecular Hbond substituents is 1. The first-order chi connectivity index (χ1) is 9.56. The lowest BCUT2D eigenvalue weighted by atomic mass is 10.2. The SMILES string of the molecule is C[n+]1cccc(C(=O)N/N=C/c2cc(Br)ccc2O)c1. The fourth-order valence-electron chi connectivity index (χ4n) is 1.58. The number of pyridine rings is 1. The van der Waals surface area contributed by atoms with E-state index in [0.717, 1.165) is 4.47 Å². The zero-order chi connectivity index (χ0) is 14.5. The monoisotopic (exact) mass is 334 g/mol. The third kappa shape index (κ3) is 3.64. The second kappa shape index (κ2) is 6.29. The van der Waals surface area contributed by atoms with Gasteiger partial charge in [0.05, 0.1) is 6.21 Å². The molecule has 0 unspecified atom stereocenters. The van der Waals surface area contributed by atoms with Crippen LogP contribution < -0.4 is 9.99 Å². The van der Waals surface area contributed by atoms with Gasteiger partial charge in [-0.25, -0.2) is 9.99 Å². The van der Waals surface area contributed by atoms with Crippen LogP contribution in [-0.4, -0.2) is 17.2 Å². The lowest BCUT2D eigenvalue weighted by Crippen LogP contribution is -2.29. The van der Waals surface area contributed by atoms with Gasteiger partial charge in [0.1, 0.15) is 18.4 Å². The van der Waals surface area contributed by atoms with Gasteiger partial charge < -0.3 is 5.11 Å². The molecule has 0 spiro atoms. The van der Waals surface area contributed by atoms with Crippen LogP contribution in [0, 0.1) is 0 Å². The predicted octanol–water partition coefficient (Wildman–Crippen LogP) is 1.74. The molecule has 0 aliphatic rings. The largest absolute Gasteiger partial charge is 0.507 e. The van der Waals surface area contributed by atoms with E-state index < -0.39 is 0 Å². The van der Waals surface area contributed by atoms with Crippen LogP contribution in [-0.2, 0) is 7.05 Å². The van der Waals surface area contributed by atoms with Crippen molar-refractivity contribution in [2.75, 3.05) is 0 Å². The standard InChI is InChI=1S/C14H12BrN3O2/c1-18-6-2-3-10(9-18)14(20)17-16-8-11-7-12(15)4-5-13(11)19/h2-9H,1H3,(H-,16,17,19,20)/p+1. The van der Waals surface area contributed by atoms with Crippen molar-refractivity contribution in [3.05, 3.63) is 58.3 Å². The number of rotatable bonds is 3. The molecule has 0 saturated heterocycles. The molecule has 0 bridgehead atoms. The maximum Gasteiger partial charge on any atom is 0.277 e. The number of aromatic nitrogens is 1. The third-order valence-corrected chi connectivity index (χ3v) is 3.05. The van der Waals surface area contributed by atoms with E-state index in [1.165, 1.54) is 6.21 Å². The molecule has 0 aliphatic carbocycles. The van der Waals surface area contributed by atoms with Gasteiger partial charge in [0.2, 0.25) is 0 Å². The second-order valence-electron chi connectivity index (χ2n) is 4.16. The Balaban J connectivity index is 2.06. The maximum atomic E-state index is 11.8. The fraction of sp³-hybridized carbons (Fsp3) is 0.0714. The van der Waals surface area contributed by atoms with Crippen molar-refractivity contribution in [2.24, 2.45) is 12.1 Å². The molecule has 0 saturated carbocycles. The Morgan fingerprint density at radius 3 is 3.00 bits per heavy atom. The molecule has 1 amide bonds. The Morgan fingerprint density at radius 2 is 2.25 bits per heavy atom. The number of carbonyl (C=O) groups excluding carboxylic acids is 1. The van der Waals surface area contributed by atoms with Crippen LogP contribution >= 0.6 is 15.9 Å². The van der Waals surface area contributed by atoms with Crippen LogP contribution in [0.1, 0.15) is 15.9 Å².